The summed E-state index contributed by atoms with van der Waals surface area (Å²) in [5, 5.41) is 14.0. The minimum atomic E-state index is 0.248. The molecule has 1 aromatic carbocycles. The Morgan fingerprint density at radius 1 is 1.27 bits per heavy atom. The van der Waals surface area contributed by atoms with Gasteiger partial charge in [-0.05, 0) is 31.0 Å². The maximum Gasteiger partial charge on any atom is 0.120 e. The van der Waals surface area contributed by atoms with Crippen LogP contribution >= 0.6 is 23.2 Å². The van der Waals surface area contributed by atoms with E-state index in [1.807, 2.05) is 0 Å². The monoisotopic (exact) mass is 245 g/mol. The molecule has 0 aromatic heterocycles. The first-order valence-corrected chi connectivity index (χ1v) is 5.82. The standard InChI is InChI=1S/C11H13Cl2NO/c12-9-4-8(11(15)5-10(9)13)7-2-1-3-14-6-7/h4-5,7,14-15H,1-3,6H2. The largest absolute Gasteiger partial charge is 0.508 e. The van der Waals surface area contributed by atoms with Gasteiger partial charge in [0.05, 0.1) is 10.0 Å². The van der Waals surface area contributed by atoms with Gasteiger partial charge >= 0.3 is 0 Å². The van der Waals surface area contributed by atoms with Gasteiger partial charge in [-0.3, -0.25) is 0 Å². The van der Waals surface area contributed by atoms with Crippen molar-refractivity contribution in [3.05, 3.63) is 27.7 Å². The van der Waals surface area contributed by atoms with Crippen molar-refractivity contribution in [2.24, 2.45) is 0 Å². The molecule has 0 amide bonds. The van der Waals surface area contributed by atoms with Crippen LogP contribution in [-0.4, -0.2) is 18.2 Å². The van der Waals surface area contributed by atoms with E-state index in [1.165, 1.54) is 6.07 Å². The Labute approximate surface area is 99.2 Å². The predicted octanol–water partition coefficient (Wildman–Crippen LogP) is 3.17. The number of nitrogens with one attached hydrogen (secondary N) is 1. The number of phenols is 1. The molecule has 1 fully saturated rings. The molecule has 1 atom stereocenters. The Kier molecular flexibility index (Phi) is 3.39. The van der Waals surface area contributed by atoms with E-state index < -0.39 is 0 Å². The number of benzene rings is 1. The van der Waals surface area contributed by atoms with Gasteiger partial charge < -0.3 is 10.4 Å². The lowest BCUT2D eigenvalue weighted by atomic mass is 9.91. The molecule has 1 saturated heterocycles. The SMILES string of the molecule is Oc1cc(Cl)c(Cl)cc1C1CCCNC1. The van der Waals surface area contributed by atoms with Crippen LogP contribution < -0.4 is 5.32 Å². The number of aromatic hydroxyl groups is 1. The molecule has 0 saturated carbocycles. The number of hydrogen-bond donors (Lipinski definition) is 2. The van der Waals surface area contributed by atoms with Crippen molar-refractivity contribution in [2.75, 3.05) is 13.1 Å². The van der Waals surface area contributed by atoms with Gasteiger partial charge in [0.1, 0.15) is 5.75 Å². The van der Waals surface area contributed by atoms with Crippen molar-refractivity contribution in [3.63, 3.8) is 0 Å². The quantitative estimate of drug-likeness (QED) is 0.797. The van der Waals surface area contributed by atoms with Crippen molar-refractivity contribution >= 4 is 23.2 Å². The topological polar surface area (TPSA) is 32.3 Å². The number of halogens is 2. The van der Waals surface area contributed by atoms with Gasteiger partial charge in [-0.1, -0.05) is 23.2 Å². The Bertz CT molecular complexity index is 362. The molecule has 1 heterocycles. The highest BCUT2D eigenvalue weighted by Crippen LogP contribution is 2.36. The summed E-state index contributed by atoms with van der Waals surface area (Å²) in [5.41, 5.74) is 0.900. The molecule has 2 nitrogen and oxygen atoms in total. The average molecular weight is 246 g/mol. The Hall–Kier alpha value is -0.440. The van der Waals surface area contributed by atoms with E-state index in [4.69, 9.17) is 23.2 Å². The summed E-state index contributed by atoms with van der Waals surface area (Å²) in [7, 11) is 0. The molecule has 0 bridgehead atoms. The van der Waals surface area contributed by atoms with Crippen molar-refractivity contribution in [3.8, 4) is 5.75 Å². The highest BCUT2D eigenvalue weighted by Gasteiger charge is 2.19. The van der Waals surface area contributed by atoms with Crippen molar-refractivity contribution < 1.29 is 5.11 Å². The molecular weight excluding hydrogens is 233 g/mol. The van der Waals surface area contributed by atoms with Crippen LogP contribution in [0.3, 0.4) is 0 Å². The van der Waals surface area contributed by atoms with Crippen LogP contribution in [-0.2, 0) is 0 Å². The second-order valence-corrected chi connectivity index (χ2v) is 4.68. The van der Waals surface area contributed by atoms with Gasteiger partial charge in [0, 0.05) is 18.5 Å². The fourth-order valence-electron chi connectivity index (χ4n) is 2.00. The number of hydrogen-bond acceptors (Lipinski definition) is 2. The maximum atomic E-state index is 9.80. The van der Waals surface area contributed by atoms with E-state index in [1.54, 1.807) is 6.07 Å². The van der Waals surface area contributed by atoms with Crippen LogP contribution in [0.4, 0.5) is 0 Å². The third-order valence-corrected chi connectivity index (χ3v) is 3.53. The molecule has 2 rings (SSSR count). The summed E-state index contributed by atoms with van der Waals surface area (Å²) in [6.07, 6.45) is 2.21. The van der Waals surface area contributed by atoms with Crippen LogP contribution in [0.25, 0.3) is 0 Å². The van der Waals surface area contributed by atoms with Gasteiger partial charge in [-0.15, -0.1) is 0 Å². The maximum absolute atomic E-state index is 9.80. The van der Waals surface area contributed by atoms with Gasteiger partial charge in [-0.2, -0.15) is 0 Å². The molecule has 1 unspecified atom stereocenters. The summed E-state index contributed by atoms with van der Waals surface area (Å²) in [6.45, 7) is 1.95. The molecule has 0 spiro atoms. The number of piperidine rings is 1. The van der Waals surface area contributed by atoms with Crippen LogP contribution in [0.5, 0.6) is 5.75 Å². The smallest absolute Gasteiger partial charge is 0.120 e. The summed E-state index contributed by atoms with van der Waals surface area (Å²) >= 11 is 11.8. The van der Waals surface area contributed by atoms with E-state index in [2.05, 4.69) is 5.32 Å². The van der Waals surface area contributed by atoms with E-state index in [0.717, 1.165) is 31.5 Å². The van der Waals surface area contributed by atoms with Gasteiger partial charge in [0.2, 0.25) is 0 Å². The van der Waals surface area contributed by atoms with Crippen LogP contribution in [0.1, 0.15) is 24.3 Å². The Balaban J connectivity index is 2.30. The Morgan fingerprint density at radius 3 is 2.67 bits per heavy atom. The van der Waals surface area contributed by atoms with Crippen molar-refractivity contribution in [2.45, 2.75) is 18.8 Å². The molecule has 0 radical (unpaired) electrons. The fraction of sp³-hybridized carbons (Fsp3) is 0.455. The molecule has 82 valence electrons. The normalized spacial score (nSPS) is 21.6. The molecule has 15 heavy (non-hydrogen) atoms. The third-order valence-electron chi connectivity index (χ3n) is 2.81. The van der Waals surface area contributed by atoms with Crippen molar-refractivity contribution in [1.82, 2.24) is 5.32 Å². The minimum Gasteiger partial charge on any atom is -0.508 e. The first-order chi connectivity index (χ1) is 7.18. The summed E-state index contributed by atoms with van der Waals surface area (Å²) < 4.78 is 0. The first-order valence-electron chi connectivity index (χ1n) is 5.07. The summed E-state index contributed by atoms with van der Waals surface area (Å²) in [4.78, 5) is 0. The lowest BCUT2D eigenvalue weighted by molar-refractivity contribution is 0.425. The second kappa shape index (κ2) is 4.60. The lowest BCUT2D eigenvalue weighted by Crippen LogP contribution is -2.28. The fourth-order valence-corrected chi connectivity index (χ4v) is 2.33. The van der Waals surface area contributed by atoms with Gasteiger partial charge in [-0.25, -0.2) is 0 Å². The molecule has 2 N–H and O–H groups in total. The molecule has 4 heteroatoms. The highest BCUT2D eigenvalue weighted by atomic mass is 35.5. The second-order valence-electron chi connectivity index (χ2n) is 3.87. The van der Waals surface area contributed by atoms with Gasteiger partial charge in [0.15, 0.2) is 0 Å². The third kappa shape index (κ3) is 2.39. The number of rotatable bonds is 1. The van der Waals surface area contributed by atoms with Crippen LogP contribution in [0.2, 0.25) is 10.0 Å². The molecular formula is C11H13Cl2NO. The Morgan fingerprint density at radius 2 is 2.00 bits per heavy atom. The predicted molar refractivity (Wildman–Crippen MR) is 63.0 cm³/mol. The average Bonchev–Trinajstić information content (AvgIpc) is 2.25. The molecule has 1 aromatic rings. The molecule has 0 aliphatic carbocycles. The van der Waals surface area contributed by atoms with E-state index >= 15 is 0 Å². The number of phenolic OH excluding ortho intramolecular Hbond substituents is 1. The lowest BCUT2D eigenvalue weighted by Gasteiger charge is -2.24. The van der Waals surface area contributed by atoms with Crippen LogP contribution in [0.15, 0.2) is 12.1 Å². The van der Waals surface area contributed by atoms with Crippen LogP contribution in [0, 0.1) is 0 Å². The van der Waals surface area contributed by atoms with Crippen molar-refractivity contribution in [1.29, 1.82) is 0 Å². The van der Waals surface area contributed by atoms with E-state index in [-0.39, 0.29) is 5.75 Å². The summed E-state index contributed by atoms with van der Waals surface area (Å²) in [5.74, 6) is 0.589. The molecule has 1 aliphatic rings. The van der Waals surface area contributed by atoms with E-state index in [9.17, 15) is 5.11 Å². The van der Waals surface area contributed by atoms with E-state index in [0.29, 0.717) is 16.0 Å². The zero-order chi connectivity index (χ0) is 10.8. The summed E-state index contributed by atoms with van der Waals surface area (Å²) in [6, 6.07) is 3.30. The zero-order valence-electron chi connectivity index (χ0n) is 8.26. The minimum absolute atomic E-state index is 0.248. The molecule has 1 aliphatic heterocycles. The zero-order valence-corrected chi connectivity index (χ0v) is 9.78. The van der Waals surface area contributed by atoms with Gasteiger partial charge in [0.25, 0.3) is 0 Å². The highest BCUT2D eigenvalue weighted by molar-refractivity contribution is 6.42. The first kappa shape index (κ1) is 11.1.